The van der Waals surface area contributed by atoms with Gasteiger partial charge < -0.3 is 10.2 Å². The molecule has 1 aliphatic rings. The van der Waals surface area contributed by atoms with Crippen LogP contribution in [0, 0.1) is 11.8 Å². The van der Waals surface area contributed by atoms with Gasteiger partial charge in [-0.05, 0) is 57.7 Å². The van der Waals surface area contributed by atoms with Crippen LogP contribution in [0.5, 0.6) is 0 Å². The molecule has 1 rings (SSSR count). The van der Waals surface area contributed by atoms with E-state index in [4.69, 9.17) is 0 Å². The molecule has 102 valence electrons. The molecule has 2 nitrogen and oxygen atoms in total. The number of unbranched alkanes of at least 4 members (excludes halogenated alkanes) is 1. The maximum absolute atomic E-state index is 3.53. The maximum atomic E-state index is 3.53. The van der Waals surface area contributed by atoms with Gasteiger partial charge >= 0.3 is 0 Å². The van der Waals surface area contributed by atoms with Crippen molar-refractivity contribution in [2.75, 3.05) is 26.7 Å². The molecule has 0 aromatic heterocycles. The number of hydrogen-bond acceptors (Lipinski definition) is 2. The standard InChI is InChI=1S/C15H32N2/c1-5-7-10-17(6-2)12-14-11-13(3)8-9-15(14)16-4/h13-16H,5-12H2,1-4H3. The van der Waals surface area contributed by atoms with Crippen molar-refractivity contribution in [2.45, 2.75) is 58.9 Å². The van der Waals surface area contributed by atoms with Crippen LogP contribution < -0.4 is 5.32 Å². The van der Waals surface area contributed by atoms with Crippen molar-refractivity contribution in [1.82, 2.24) is 10.2 Å². The molecular weight excluding hydrogens is 208 g/mol. The second kappa shape index (κ2) is 8.10. The van der Waals surface area contributed by atoms with Crippen LogP contribution in [-0.4, -0.2) is 37.6 Å². The first kappa shape index (κ1) is 15.0. The van der Waals surface area contributed by atoms with Crippen molar-refractivity contribution in [1.29, 1.82) is 0 Å². The van der Waals surface area contributed by atoms with E-state index in [-0.39, 0.29) is 0 Å². The Kier molecular flexibility index (Phi) is 7.14. The van der Waals surface area contributed by atoms with Crippen molar-refractivity contribution in [3.8, 4) is 0 Å². The number of hydrogen-bond donors (Lipinski definition) is 1. The van der Waals surface area contributed by atoms with Gasteiger partial charge in [0.25, 0.3) is 0 Å². The van der Waals surface area contributed by atoms with Gasteiger partial charge in [-0.25, -0.2) is 0 Å². The van der Waals surface area contributed by atoms with Gasteiger partial charge in [0.05, 0.1) is 0 Å². The summed E-state index contributed by atoms with van der Waals surface area (Å²) in [6.45, 7) is 10.8. The largest absolute Gasteiger partial charge is 0.317 e. The Labute approximate surface area is 108 Å². The lowest BCUT2D eigenvalue weighted by atomic mass is 9.78. The van der Waals surface area contributed by atoms with Crippen LogP contribution in [0.25, 0.3) is 0 Å². The van der Waals surface area contributed by atoms with E-state index in [9.17, 15) is 0 Å². The summed E-state index contributed by atoms with van der Waals surface area (Å²) >= 11 is 0. The fourth-order valence-corrected chi connectivity index (χ4v) is 3.17. The highest BCUT2D eigenvalue weighted by atomic mass is 15.1. The van der Waals surface area contributed by atoms with Gasteiger partial charge in [0.15, 0.2) is 0 Å². The fourth-order valence-electron chi connectivity index (χ4n) is 3.17. The molecular formula is C15H32N2. The monoisotopic (exact) mass is 240 g/mol. The van der Waals surface area contributed by atoms with Crippen LogP contribution in [0.3, 0.4) is 0 Å². The molecule has 0 heterocycles. The molecule has 0 bridgehead atoms. The van der Waals surface area contributed by atoms with E-state index in [1.165, 1.54) is 51.7 Å². The first-order chi connectivity index (χ1) is 8.21. The predicted octanol–water partition coefficient (Wildman–Crippen LogP) is 3.13. The second-order valence-electron chi connectivity index (χ2n) is 5.82. The molecule has 17 heavy (non-hydrogen) atoms. The van der Waals surface area contributed by atoms with Crippen LogP contribution in [0.15, 0.2) is 0 Å². The smallest absolute Gasteiger partial charge is 0.0105 e. The third-order valence-corrected chi connectivity index (χ3v) is 4.38. The highest BCUT2D eigenvalue weighted by Crippen LogP contribution is 2.29. The van der Waals surface area contributed by atoms with Gasteiger partial charge in [0.1, 0.15) is 0 Å². The zero-order valence-corrected chi connectivity index (χ0v) is 12.3. The van der Waals surface area contributed by atoms with E-state index < -0.39 is 0 Å². The Hall–Kier alpha value is -0.0800. The van der Waals surface area contributed by atoms with Crippen molar-refractivity contribution < 1.29 is 0 Å². The normalized spacial score (nSPS) is 29.8. The van der Waals surface area contributed by atoms with Crippen LogP contribution in [-0.2, 0) is 0 Å². The Morgan fingerprint density at radius 2 is 2.00 bits per heavy atom. The SMILES string of the molecule is CCCCN(CC)CC1CC(C)CCC1NC. The minimum atomic E-state index is 0.752. The van der Waals surface area contributed by atoms with Gasteiger partial charge in [0, 0.05) is 12.6 Å². The Balaban J connectivity index is 2.43. The van der Waals surface area contributed by atoms with Crippen LogP contribution >= 0.6 is 0 Å². The highest BCUT2D eigenvalue weighted by molar-refractivity contribution is 4.84. The average molecular weight is 240 g/mol. The summed E-state index contributed by atoms with van der Waals surface area (Å²) in [4.78, 5) is 2.65. The number of nitrogens with one attached hydrogen (secondary N) is 1. The lowest BCUT2D eigenvalue weighted by Crippen LogP contribution is -2.44. The van der Waals surface area contributed by atoms with Gasteiger partial charge in [-0.15, -0.1) is 0 Å². The third kappa shape index (κ3) is 4.97. The van der Waals surface area contributed by atoms with Gasteiger partial charge in [-0.1, -0.05) is 27.2 Å². The molecule has 1 aliphatic carbocycles. The molecule has 1 N–H and O–H groups in total. The van der Waals surface area contributed by atoms with Crippen molar-refractivity contribution in [3.63, 3.8) is 0 Å². The zero-order valence-electron chi connectivity index (χ0n) is 12.3. The molecule has 0 amide bonds. The quantitative estimate of drug-likeness (QED) is 0.735. The van der Waals surface area contributed by atoms with E-state index in [0.717, 1.165) is 17.9 Å². The molecule has 2 heteroatoms. The summed E-state index contributed by atoms with van der Waals surface area (Å²) in [5.41, 5.74) is 0. The summed E-state index contributed by atoms with van der Waals surface area (Å²) in [5, 5.41) is 3.53. The van der Waals surface area contributed by atoms with E-state index >= 15 is 0 Å². The minimum Gasteiger partial charge on any atom is -0.317 e. The molecule has 0 radical (unpaired) electrons. The van der Waals surface area contributed by atoms with E-state index in [1.54, 1.807) is 0 Å². The van der Waals surface area contributed by atoms with E-state index in [2.05, 4.69) is 38.0 Å². The van der Waals surface area contributed by atoms with Crippen LogP contribution in [0.2, 0.25) is 0 Å². The summed E-state index contributed by atoms with van der Waals surface area (Å²) in [6.07, 6.45) is 6.85. The average Bonchev–Trinajstić information content (AvgIpc) is 2.34. The predicted molar refractivity (Wildman–Crippen MR) is 76.4 cm³/mol. The number of rotatable bonds is 7. The van der Waals surface area contributed by atoms with E-state index in [0.29, 0.717) is 0 Å². The fraction of sp³-hybridized carbons (Fsp3) is 1.00. The molecule has 0 spiro atoms. The summed E-state index contributed by atoms with van der Waals surface area (Å²) < 4.78 is 0. The molecule has 0 aliphatic heterocycles. The zero-order chi connectivity index (χ0) is 12.7. The van der Waals surface area contributed by atoms with Crippen LogP contribution in [0.4, 0.5) is 0 Å². The topological polar surface area (TPSA) is 15.3 Å². The minimum absolute atomic E-state index is 0.752. The molecule has 0 saturated heterocycles. The molecule has 3 unspecified atom stereocenters. The summed E-state index contributed by atoms with van der Waals surface area (Å²) in [7, 11) is 2.13. The van der Waals surface area contributed by atoms with Crippen molar-refractivity contribution in [2.24, 2.45) is 11.8 Å². The van der Waals surface area contributed by atoms with Gasteiger partial charge in [-0.3, -0.25) is 0 Å². The maximum Gasteiger partial charge on any atom is 0.0105 e. The third-order valence-electron chi connectivity index (χ3n) is 4.38. The Morgan fingerprint density at radius 1 is 1.24 bits per heavy atom. The van der Waals surface area contributed by atoms with Crippen LogP contribution in [0.1, 0.15) is 52.9 Å². The van der Waals surface area contributed by atoms with Gasteiger partial charge in [-0.2, -0.15) is 0 Å². The summed E-state index contributed by atoms with van der Waals surface area (Å²) in [5.74, 6) is 1.79. The Bertz CT molecular complexity index is 193. The van der Waals surface area contributed by atoms with E-state index in [1.807, 2.05) is 0 Å². The molecule has 0 aromatic carbocycles. The van der Waals surface area contributed by atoms with Gasteiger partial charge in [0.2, 0.25) is 0 Å². The van der Waals surface area contributed by atoms with Crippen molar-refractivity contribution in [3.05, 3.63) is 0 Å². The molecule has 1 saturated carbocycles. The number of nitrogens with zero attached hydrogens (tertiary/aromatic N) is 1. The molecule has 0 aromatic rings. The first-order valence-electron chi connectivity index (χ1n) is 7.60. The lowest BCUT2D eigenvalue weighted by Gasteiger charge is -2.37. The second-order valence-corrected chi connectivity index (χ2v) is 5.82. The molecule has 3 atom stereocenters. The van der Waals surface area contributed by atoms with Crippen molar-refractivity contribution >= 4 is 0 Å². The first-order valence-corrected chi connectivity index (χ1v) is 7.60. The highest BCUT2D eigenvalue weighted by Gasteiger charge is 2.28. The Morgan fingerprint density at radius 3 is 2.59 bits per heavy atom. The summed E-state index contributed by atoms with van der Waals surface area (Å²) in [6, 6.07) is 0.752. The molecule has 1 fully saturated rings. The lowest BCUT2D eigenvalue weighted by molar-refractivity contribution is 0.151.